The summed E-state index contributed by atoms with van der Waals surface area (Å²) < 4.78 is 22.7. The van der Waals surface area contributed by atoms with Gasteiger partial charge in [0, 0.05) is 17.8 Å². The van der Waals surface area contributed by atoms with Crippen LogP contribution < -0.4 is 10.7 Å². The van der Waals surface area contributed by atoms with Crippen molar-refractivity contribution < 1.29 is 18.7 Å². The second-order valence-electron chi connectivity index (χ2n) is 8.64. The SMILES string of the molecule is Cc1cc([C@@H](C)Nc2ccc(Cl)c(F)c2C(=O)O)c2oc(-c3c(C)nc4ccccn34)cc(=O)c2c1. The summed E-state index contributed by atoms with van der Waals surface area (Å²) in [6.45, 7) is 5.47. The van der Waals surface area contributed by atoms with E-state index in [2.05, 4.69) is 10.3 Å². The third-order valence-electron chi connectivity index (χ3n) is 6.09. The zero-order chi connectivity index (χ0) is 25.7. The highest BCUT2D eigenvalue weighted by molar-refractivity contribution is 6.31. The average Bonchev–Trinajstić information content (AvgIpc) is 3.16. The van der Waals surface area contributed by atoms with Gasteiger partial charge in [0.2, 0.25) is 0 Å². The fourth-order valence-electron chi connectivity index (χ4n) is 4.47. The lowest BCUT2D eigenvalue weighted by Gasteiger charge is -2.20. The van der Waals surface area contributed by atoms with Crippen molar-refractivity contribution in [2.75, 3.05) is 5.32 Å². The number of hydrogen-bond acceptors (Lipinski definition) is 5. The molecule has 182 valence electrons. The number of halogens is 2. The molecule has 5 aromatic rings. The molecule has 0 bridgehead atoms. The smallest absolute Gasteiger partial charge is 0.340 e. The van der Waals surface area contributed by atoms with Gasteiger partial charge in [-0.05, 0) is 56.7 Å². The Hall–Kier alpha value is -4.17. The Bertz CT molecular complexity index is 1740. The van der Waals surface area contributed by atoms with Crippen molar-refractivity contribution in [1.29, 1.82) is 0 Å². The zero-order valence-corrected chi connectivity index (χ0v) is 20.4. The molecule has 2 aromatic carbocycles. The first-order chi connectivity index (χ1) is 17.2. The first-order valence-electron chi connectivity index (χ1n) is 11.2. The number of rotatable bonds is 5. The minimum absolute atomic E-state index is 0.0580. The monoisotopic (exact) mass is 505 g/mol. The number of aromatic nitrogens is 2. The van der Waals surface area contributed by atoms with Crippen molar-refractivity contribution in [3.63, 3.8) is 0 Å². The van der Waals surface area contributed by atoms with Crippen LogP contribution in [0.15, 0.2) is 63.9 Å². The van der Waals surface area contributed by atoms with Crippen LogP contribution in [0.1, 0.15) is 40.1 Å². The summed E-state index contributed by atoms with van der Waals surface area (Å²) >= 11 is 5.80. The van der Waals surface area contributed by atoms with Crippen molar-refractivity contribution in [3.05, 3.63) is 98.2 Å². The number of nitrogens with one attached hydrogen (secondary N) is 1. The van der Waals surface area contributed by atoms with Crippen molar-refractivity contribution in [2.24, 2.45) is 0 Å². The number of carboxylic acid groups (broad SMARTS) is 1. The highest BCUT2D eigenvalue weighted by Crippen LogP contribution is 2.33. The number of nitrogens with zero attached hydrogens (tertiary/aromatic N) is 2. The van der Waals surface area contributed by atoms with Crippen LogP contribution in [-0.2, 0) is 0 Å². The number of fused-ring (bicyclic) bond motifs is 2. The van der Waals surface area contributed by atoms with Gasteiger partial charge < -0.3 is 14.8 Å². The summed E-state index contributed by atoms with van der Waals surface area (Å²) in [6.07, 6.45) is 1.84. The predicted octanol–water partition coefficient (Wildman–Crippen LogP) is 6.39. The van der Waals surface area contributed by atoms with Crippen molar-refractivity contribution >= 4 is 39.9 Å². The molecule has 3 heterocycles. The Kier molecular flexibility index (Phi) is 5.76. The predicted molar refractivity (Wildman–Crippen MR) is 137 cm³/mol. The third-order valence-corrected chi connectivity index (χ3v) is 6.38. The number of carboxylic acids is 1. The van der Waals surface area contributed by atoms with Crippen LogP contribution in [0, 0.1) is 19.7 Å². The summed E-state index contributed by atoms with van der Waals surface area (Å²) in [4.78, 5) is 29.5. The number of benzene rings is 2. The van der Waals surface area contributed by atoms with Gasteiger partial charge in [-0.2, -0.15) is 0 Å². The summed E-state index contributed by atoms with van der Waals surface area (Å²) in [5, 5.41) is 12.7. The molecule has 7 nitrogen and oxygen atoms in total. The van der Waals surface area contributed by atoms with E-state index in [0.717, 1.165) is 11.2 Å². The topological polar surface area (TPSA) is 96.8 Å². The Balaban J connectivity index is 1.69. The van der Waals surface area contributed by atoms with Gasteiger partial charge in [0.15, 0.2) is 17.0 Å². The van der Waals surface area contributed by atoms with Gasteiger partial charge in [0.05, 0.1) is 27.8 Å². The summed E-state index contributed by atoms with van der Waals surface area (Å²) in [5.41, 5.74) is 3.13. The van der Waals surface area contributed by atoms with Crippen LogP contribution >= 0.6 is 11.6 Å². The Morgan fingerprint density at radius 1 is 1.19 bits per heavy atom. The van der Waals surface area contributed by atoms with Crippen LogP contribution in [0.2, 0.25) is 5.02 Å². The first-order valence-corrected chi connectivity index (χ1v) is 11.5. The standard InChI is InChI=1S/C27H21ClFN3O4/c1-13-10-16(14(2)30-19-8-7-18(28)24(29)23(19)27(34)35)26-17(11-13)20(33)12-21(36-26)25-15(3)31-22-6-4-5-9-32(22)25/h4-12,14,30H,1-3H3,(H,34,35)/t14-/m1/s1. The molecular weight excluding hydrogens is 485 g/mol. The van der Waals surface area contributed by atoms with E-state index in [1.165, 1.54) is 18.2 Å². The fraction of sp³-hybridized carbons (Fsp3) is 0.148. The van der Waals surface area contributed by atoms with E-state index in [1.807, 2.05) is 48.7 Å². The van der Waals surface area contributed by atoms with Gasteiger partial charge >= 0.3 is 5.97 Å². The molecule has 0 unspecified atom stereocenters. The Labute approximate surface area is 209 Å². The number of pyridine rings is 1. The number of carbonyl (C=O) groups is 1. The summed E-state index contributed by atoms with van der Waals surface area (Å²) in [7, 11) is 0. The molecule has 0 spiro atoms. The average molecular weight is 506 g/mol. The van der Waals surface area contributed by atoms with Crippen molar-refractivity contribution in [3.8, 4) is 11.5 Å². The molecule has 0 aliphatic carbocycles. The van der Waals surface area contributed by atoms with Gasteiger partial charge in [-0.3, -0.25) is 9.20 Å². The minimum Gasteiger partial charge on any atom is -0.478 e. The van der Waals surface area contributed by atoms with E-state index in [9.17, 15) is 19.1 Å². The van der Waals surface area contributed by atoms with Gasteiger partial charge in [0.25, 0.3) is 0 Å². The van der Waals surface area contributed by atoms with Gasteiger partial charge in [-0.25, -0.2) is 14.2 Å². The van der Waals surface area contributed by atoms with E-state index in [4.69, 9.17) is 16.0 Å². The second kappa shape index (κ2) is 8.80. The van der Waals surface area contributed by atoms with Crippen LogP contribution in [0.25, 0.3) is 28.1 Å². The third kappa shape index (κ3) is 3.89. The molecule has 0 aliphatic heterocycles. The van der Waals surface area contributed by atoms with Gasteiger partial charge in [-0.15, -0.1) is 0 Å². The molecule has 0 amide bonds. The van der Waals surface area contributed by atoms with Crippen LogP contribution in [-0.4, -0.2) is 20.5 Å². The molecule has 0 radical (unpaired) electrons. The van der Waals surface area contributed by atoms with E-state index in [0.29, 0.717) is 33.7 Å². The van der Waals surface area contributed by atoms with Crippen molar-refractivity contribution in [1.82, 2.24) is 9.38 Å². The maximum atomic E-state index is 14.5. The van der Waals surface area contributed by atoms with E-state index in [1.54, 1.807) is 13.0 Å². The molecule has 36 heavy (non-hydrogen) atoms. The summed E-state index contributed by atoms with van der Waals surface area (Å²) in [5.74, 6) is -2.12. The van der Waals surface area contributed by atoms with Crippen LogP contribution in [0.3, 0.4) is 0 Å². The minimum atomic E-state index is -1.45. The quantitative estimate of drug-likeness (QED) is 0.287. The first kappa shape index (κ1) is 23.6. The van der Waals surface area contributed by atoms with E-state index >= 15 is 0 Å². The lowest BCUT2D eigenvalue weighted by atomic mass is 10.0. The van der Waals surface area contributed by atoms with Gasteiger partial charge in [-0.1, -0.05) is 23.7 Å². The molecule has 5 rings (SSSR count). The maximum Gasteiger partial charge on any atom is 0.340 e. The Morgan fingerprint density at radius 3 is 2.72 bits per heavy atom. The highest BCUT2D eigenvalue weighted by Gasteiger charge is 2.23. The molecule has 3 aromatic heterocycles. The fourth-order valence-corrected chi connectivity index (χ4v) is 4.63. The normalized spacial score (nSPS) is 12.2. The number of aromatic carboxylic acids is 1. The molecule has 9 heteroatoms. The molecule has 2 N–H and O–H groups in total. The zero-order valence-electron chi connectivity index (χ0n) is 19.6. The second-order valence-corrected chi connectivity index (χ2v) is 9.04. The lowest BCUT2D eigenvalue weighted by molar-refractivity contribution is 0.0693. The van der Waals surface area contributed by atoms with Crippen LogP contribution in [0.4, 0.5) is 10.1 Å². The lowest BCUT2D eigenvalue weighted by Crippen LogP contribution is -2.14. The van der Waals surface area contributed by atoms with Crippen molar-refractivity contribution in [2.45, 2.75) is 26.8 Å². The number of aryl methyl sites for hydroxylation is 2. The molecule has 0 saturated carbocycles. The number of hydrogen-bond donors (Lipinski definition) is 2. The number of anilines is 1. The largest absolute Gasteiger partial charge is 0.478 e. The van der Waals surface area contributed by atoms with E-state index in [-0.39, 0.29) is 16.1 Å². The van der Waals surface area contributed by atoms with E-state index < -0.39 is 23.4 Å². The molecule has 0 aliphatic rings. The van der Waals surface area contributed by atoms with Gasteiger partial charge in [0.1, 0.15) is 22.5 Å². The highest BCUT2D eigenvalue weighted by atomic mass is 35.5. The molecule has 1 atom stereocenters. The van der Waals surface area contributed by atoms with Crippen LogP contribution in [0.5, 0.6) is 0 Å². The number of imidazole rings is 1. The Morgan fingerprint density at radius 2 is 1.97 bits per heavy atom. The summed E-state index contributed by atoms with van der Waals surface area (Å²) in [6, 6.07) is 12.8. The molecule has 0 fully saturated rings. The molecule has 0 saturated heterocycles. The maximum absolute atomic E-state index is 14.5. The molecular formula is C27H21ClFN3O4.